The van der Waals surface area contributed by atoms with E-state index in [1.165, 1.54) is 17.0 Å². The third-order valence-electron chi connectivity index (χ3n) is 6.25. The molecule has 214 valence electrons. The highest BCUT2D eigenvalue weighted by Crippen LogP contribution is 2.27. The number of sulfonamides is 1. The second-order valence-electron chi connectivity index (χ2n) is 9.11. The van der Waals surface area contributed by atoms with Gasteiger partial charge >= 0.3 is 0 Å². The quantitative estimate of drug-likeness (QED) is 0.278. The fraction of sp³-hybridized carbons (Fsp3) is 0.333. The van der Waals surface area contributed by atoms with Crippen molar-refractivity contribution < 1.29 is 22.7 Å². The molecule has 0 aromatic heterocycles. The first-order valence-electron chi connectivity index (χ1n) is 13.3. The Morgan fingerprint density at radius 2 is 1.57 bits per heavy atom. The van der Waals surface area contributed by atoms with Crippen LogP contribution in [-0.2, 0) is 26.2 Å². The third-order valence-corrected chi connectivity index (χ3v) is 8.29. The van der Waals surface area contributed by atoms with Crippen LogP contribution in [0.25, 0.3) is 0 Å². The largest absolute Gasteiger partial charge is 0.494 e. The molecule has 3 aromatic rings. The summed E-state index contributed by atoms with van der Waals surface area (Å²) in [6.45, 7) is 6.16. The number of halogens is 1. The maximum Gasteiger partial charge on any atom is 0.264 e. The van der Waals surface area contributed by atoms with Crippen LogP contribution in [0.3, 0.4) is 0 Å². The van der Waals surface area contributed by atoms with Crippen molar-refractivity contribution in [1.82, 2.24) is 10.2 Å². The number of nitrogens with zero attached hydrogens (tertiary/aromatic N) is 2. The van der Waals surface area contributed by atoms with E-state index >= 15 is 0 Å². The Morgan fingerprint density at radius 1 is 0.925 bits per heavy atom. The average molecular weight is 586 g/mol. The van der Waals surface area contributed by atoms with E-state index in [1.807, 2.05) is 20.8 Å². The Balaban J connectivity index is 2.03. The van der Waals surface area contributed by atoms with E-state index in [1.54, 1.807) is 66.7 Å². The Hall–Kier alpha value is -3.56. The van der Waals surface area contributed by atoms with E-state index < -0.39 is 28.5 Å². The summed E-state index contributed by atoms with van der Waals surface area (Å²) in [5.74, 6) is -0.218. The van der Waals surface area contributed by atoms with Gasteiger partial charge in [-0.3, -0.25) is 13.9 Å². The fourth-order valence-corrected chi connectivity index (χ4v) is 5.76. The van der Waals surface area contributed by atoms with Crippen LogP contribution < -0.4 is 14.4 Å². The Kier molecular flexibility index (Phi) is 11.4. The lowest BCUT2D eigenvalue weighted by Crippen LogP contribution is -2.52. The van der Waals surface area contributed by atoms with Crippen molar-refractivity contribution in [3.8, 4) is 5.75 Å². The maximum atomic E-state index is 14.0. The van der Waals surface area contributed by atoms with Crippen molar-refractivity contribution >= 4 is 39.1 Å². The molecular weight excluding hydrogens is 550 g/mol. The van der Waals surface area contributed by atoms with Crippen LogP contribution in [0.2, 0.25) is 5.02 Å². The van der Waals surface area contributed by atoms with E-state index in [0.29, 0.717) is 36.0 Å². The molecule has 0 aliphatic heterocycles. The molecule has 0 spiro atoms. The first-order chi connectivity index (χ1) is 19.2. The number of ether oxygens (including phenoxy) is 1. The predicted molar refractivity (Wildman–Crippen MR) is 158 cm³/mol. The SMILES string of the molecule is CCCNC(=O)[C@@H](CC)N(Cc1ccc(Cl)cc1)C(=O)CN(c1ccc(OCC)cc1)S(=O)(=O)c1ccccc1. The Morgan fingerprint density at radius 3 is 2.15 bits per heavy atom. The zero-order valence-corrected chi connectivity index (χ0v) is 24.6. The van der Waals surface area contributed by atoms with E-state index in [-0.39, 0.29) is 17.3 Å². The van der Waals surface area contributed by atoms with Gasteiger partial charge in [0.2, 0.25) is 11.8 Å². The van der Waals surface area contributed by atoms with Crippen molar-refractivity contribution in [3.05, 3.63) is 89.4 Å². The molecule has 8 nitrogen and oxygen atoms in total. The molecule has 3 rings (SSSR count). The van der Waals surface area contributed by atoms with Gasteiger partial charge in [-0.1, -0.05) is 55.8 Å². The molecule has 0 radical (unpaired) electrons. The summed E-state index contributed by atoms with van der Waals surface area (Å²) in [6, 6.07) is 20.7. The highest BCUT2D eigenvalue weighted by molar-refractivity contribution is 7.92. The third kappa shape index (κ3) is 7.99. The monoisotopic (exact) mass is 585 g/mol. The summed E-state index contributed by atoms with van der Waals surface area (Å²) < 4.78 is 34.3. The number of benzene rings is 3. The molecule has 0 saturated heterocycles. The van der Waals surface area contributed by atoms with Crippen molar-refractivity contribution in [3.63, 3.8) is 0 Å². The summed E-state index contributed by atoms with van der Waals surface area (Å²) >= 11 is 6.06. The van der Waals surface area contributed by atoms with Gasteiger partial charge < -0.3 is 15.0 Å². The number of nitrogens with one attached hydrogen (secondary N) is 1. The summed E-state index contributed by atoms with van der Waals surface area (Å²) in [5.41, 5.74) is 1.06. The molecule has 3 aromatic carbocycles. The lowest BCUT2D eigenvalue weighted by Gasteiger charge is -2.33. The molecule has 0 aliphatic carbocycles. The highest BCUT2D eigenvalue weighted by atomic mass is 35.5. The molecule has 0 saturated carbocycles. The number of carbonyl (C=O) groups is 2. The first-order valence-corrected chi connectivity index (χ1v) is 15.1. The first kappa shape index (κ1) is 31.0. The summed E-state index contributed by atoms with van der Waals surface area (Å²) in [7, 11) is -4.13. The van der Waals surface area contributed by atoms with E-state index in [4.69, 9.17) is 16.3 Å². The van der Waals surface area contributed by atoms with Crippen molar-refractivity contribution in [2.24, 2.45) is 0 Å². The van der Waals surface area contributed by atoms with E-state index in [9.17, 15) is 18.0 Å². The number of hydrogen-bond donors (Lipinski definition) is 1. The van der Waals surface area contributed by atoms with E-state index in [2.05, 4.69) is 5.32 Å². The fourth-order valence-electron chi connectivity index (χ4n) is 4.20. The molecule has 2 amide bonds. The average Bonchev–Trinajstić information content (AvgIpc) is 2.96. The standard InChI is InChI=1S/C30H36ClN3O5S/c1-4-20-32-30(36)28(5-2)33(21-23-12-14-24(31)15-13-23)29(35)22-34(25-16-18-26(19-17-25)39-6-3)40(37,38)27-10-8-7-9-11-27/h7-19,28H,4-6,20-22H2,1-3H3,(H,32,36)/t28-/m1/s1. The Bertz CT molecular complexity index is 1350. The minimum atomic E-state index is -4.13. The van der Waals surface area contributed by atoms with Crippen LogP contribution in [0.15, 0.2) is 83.8 Å². The smallest absolute Gasteiger partial charge is 0.264 e. The Labute approximate surface area is 241 Å². The van der Waals surface area contributed by atoms with Crippen LogP contribution in [-0.4, -0.2) is 50.9 Å². The summed E-state index contributed by atoms with van der Waals surface area (Å²) in [6.07, 6.45) is 1.09. The predicted octanol–water partition coefficient (Wildman–Crippen LogP) is 5.27. The second-order valence-corrected chi connectivity index (χ2v) is 11.4. The van der Waals surface area contributed by atoms with Gasteiger partial charge in [0, 0.05) is 18.1 Å². The second kappa shape index (κ2) is 14.7. The van der Waals surface area contributed by atoms with E-state index in [0.717, 1.165) is 16.3 Å². The van der Waals surface area contributed by atoms with Crippen LogP contribution >= 0.6 is 11.6 Å². The topological polar surface area (TPSA) is 96.0 Å². The zero-order valence-electron chi connectivity index (χ0n) is 23.0. The lowest BCUT2D eigenvalue weighted by molar-refractivity contribution is -0.140. The molecule has 0 heterocycles. The minimum Gasteiger partial charge on any atom is -0.494 e. The maximum absolute atomic E-state index is 14.0. The molecule has 1 atom stereocenters. The van der Waals surface area contributed by atoms with Gasteiger partial charge in [0.25, 0.3) is 10.0 Å². The van der Waals surface area contributed by atoms with Gasteiger partial charge in [0.1, 0.15) is 18.3 Å². The summed E-state index contributed by atoms with van der Waals surface area (Å²) in [5, 5.41) is 3.42. The molecule has 0 bridgehead atoms. The van der Waals surface area contributed by atoms with Crippen LogP contribution in [0.5, 0.6) is 5.75 Å². The van der Waals surface area contributed by atoms with Crippen LogP contribution in [0, 0.1) is 0 Å². The van der Waals surface area contributed by atoms with Gasteiger partial charge in [-0.25, -0.2) is 8.42 Å². The zero-order chi connectivity index (χ0) is 29.1. The van der Waals surface area contributed by atoms with Crippen molar-refractivity contribution in [2.75, 3.05) is 24.0 Å². The molecule has 0 aliphatic rings. The number of carbonyl (C=O) groups excluding carboxylic acids is 2. The normalized spacial score (nSPS) is 11.9. The minimum absolute atomic E-state index is 0.0497. The van der Waals surface area contributed by atoms with Gasteiger partial charge in [-0.2, -0.15) is 0 Å². The lowest BCUT2D eigenvalue weighted by atomic mass is 10.1. The number of hydrogen-bond acceptors (Lipinski definition) is 5. The van der Waals surface area contributed by atoms with Gasteiger partial charge in [0.05, 0.1) is 17.2 Å². The number of amides is 2. The molecule has 1 N–H and O–H groups in total. The number of anilines is 1. The van der Waals surface area contributed by atoms with Gasteiger partial charge in [-0.05, 0) is 73.9 Å². The van der Waals surface area contributed by atoms with Crippen molar-refractivity contribution in [1.29, 1.82) is 0 Å². The molecule has 40 heavy (non-hydrogen) atoms. The summed E-state index contributed by atoms with van der Waals surface area (Å²) in [4.78, 5) is 28.6. The van der Waals surface area contributed by atoms with Crippen molar-refractivity contribution in [2.45, 2.75) is 51.1 Å². The highest BCUT2D eigenvalue weighted by Gasteiger charge is 2.33. The van der Waals surface area contributed by atoms with Crippen LogP contribution in [0.4, 0.5) is 5.69 Å². The van der Waals surface area contributed by atoms with Gasteiger partial charge in [0.15, 0.2) is 0 Å². The molecular formula is C30H36ClN3O5S. The van der Waals surface area contributed by atoms with Gasteiger partial charge in [-0.15, -0.1) is 0 Å². The van der Waals surface area contributed by atoms with Crippen LogP contribution in [0.1, 0.15) is 39.2 Å². The molecule has 0 unspecified atom stereocenters. The molecule has 10 heteroatoms. The molecule has 0 fully saturated rings. The number of rotatable bonds is 14.